The largest absolute Gasteiger partial charge is 0.467 e. The number of aromatic nitrogens is 1. The standard InChI is InChI=1S/C15H19N3O4/c1-10(9-12(19)13-6-4-8-22-13)16-15(21)17-11-5-3-7-18(2)14(11)20/h3-8,10,12,19H,9H2,1-2H3,(H2,16,17,21). The van der Waals surface area contributed by atoms with Gasteiger partial charge in [-0.3, -0.25) is 4.79 Å². The van der Waals surface area contributed by atoms with Gasteiger partial charge in [-0.1, -0.05) is 0 Å². The molecule has 22 heavy (non-hydrogen) atoms. The lowest BCUT2D eigenvalue weighted by Crippen LogP contribution is -2.38. The van der Waals surface area contributed by atoms with Crippen LogP contribution in [0, 0.1) is 0 Å². The number of aryl methyl sites for hydroxylation is 1. The number of aliphatic hydroxyl groups excluding tert-OH is 1. The summed E-state index contributed by atoms with van der Waals surface area (Å²) in [4.78, 5) is 23.7. The van der Waals surface area contributed by atoms with Gasteiger partial charge in [0.2, 0.25) is 0 Å². The molecule has 2 aromatic heterocycles. The fourth-order valence-corrected chi connectivity index (χ4v) is 2.07. The van der Waals surface area contributed by atoms with E-state index < -0.39 is 12.1 Å². The molecule has 0 aromatic carbocycles. The first-order chi connectivity index (χ1) is 10.5. The van der Waals surface area contributed by atoms with Gasteiger partial charge in [0.05, 0.1) is 6.26 Å². The molecule has 118 valence electrons. The van der Waals surface area contributed by atoms with E-state index in [9.17, 15) is 14.7 Å². The molecule has 7 nitrogen and oxygen atoms in total. The van der Waals surface area contributed by atoms with E-state index in [2.05, 4.69) is 10.6 Å². The molecule has 7 heteroatoms. The molecule has 0 radical (unpaired) electrons. The van der Waals surface area contributed by atoms with Crippen LogP contribution in [0.1, 0.15) is 25.2 Å². The molecule has 2 atom stereocenters. The maximum Gasteiger partial charge on any atom is 0.319 e. The molecule has 0 aliphatic rings. The summed E-state index contributed by atoms with van der Waals surface area (Å²) in [5.74, 6) is 0.450. The zero-order valence-electron chi connectivity index (χ0n) is 12.4. The first kappa shape index (κ1) is 15.8. The van der Waals surface area contributed by atoms with E-state index in [1.54, 1.807) is 38.4 Å². The van der Waals surface area contributed by atoms with Crippen LogP contribution in [-0.2, 0) is 7.05 Å². The van der Waals surface area contributed by atoms with Crippen molar-refractivity contribution in [1.82, 2.24) is 9.88 Å². The van der Waals surface area contributed by atoms with Crippen molar-refractivity contribution >= 4 is 11.7 Å². The summed E-state index contributed by atoms with van der Waals surface area (Å²) in [7, 11) is 1.60. The van der Waals surface area contributed by atoms with Crippen LogP contribution in [-0.4, -0.2) is 21.7 Å². The van der Waals surface area contributed by atoms with Gasteiger partial charge in [-0.05, 0) is 31.2 Å². The number of hydrogen-bond acceptors (Lipinski definition) is 4. The summed E-state index contributed by atoms with van der Waals surface area (Å²) < 4.78 is 6.48. The summed E-state index contributed by atoms with van der Waals surface area (Å²) in [6.45, 7) is 1.76. The molecule has 2 rings (SSSR count). The SMILES string of the molecule is CC(CC(O)c1ccco1)NC(=O)Nc1cccn(C)c1=O. The molecule has 2 aromatic rings. The van der Waals surface area contributed by atoms with Crippen LogP contribution in [0.2, 0.25) is 0 Å². The topological polar surface area (TPSA) is 96.5 Å². The van der Waals surface area contributed by atoms with Crippen LogP contribution in [0.5, 0.6) is 0 Å². The number of aliphatic hydroxyl groups is 1. The molecule has 0 saturated carbocycles. The predicted octanol–water partition coefficient (Wildman–Crippen LogP) is 1.61. The quantitative estimate of drug-likeness (QED) is 0.782. The van der Waals surface area contributed by atoms with Crippen LogP contribution < -0.4 is 16.2 Å². The molecular formula is C15H19N3O4. The Morgan fingerprint density at radius 1 is 1.41 bits per heavy atom. The average molecular weight is 305 g/mol. The highest BCUT2D eigenvalue weighted by Gasteiger charge is 2.16. The van der Waals surface area contributed by atoms with Crippen molar-refractivity contribution in [1.29, 1.82) is 0 Å². The maximum atomic E-state index is 11.9. The van der Waals surface area contributed by atoms with Gasteiger partial charge in [-0.25, -0.2) is 4.79 Å². The smallest absolute Gasteiger partial charge is 0.319 e. The Bertz CT molecular complexity index is 678. The van der Waals surface area contributed by atoms with E-state index in [4.69, 9.17) is 4.42 Å². The number of nitrogens with zero attached hydrogens (tertiary/aromatic N) is 1. The summed E-state index contributed by atoms with van der Waals surface area (Å²) in [5.41, 5.74) is -0.0952. The second kappa shape index (κ2) is 6.95. The van der Waals surface area contributed by atoms with E-state index in [1.807, 2.05) is 0 Å². The number of carbonyl (C=O) groups is 1. The van der Waals surface area contributed by atoms with Gasteiger partial charge in [0, 0.05) is 25.7 Å². The summed E-state index contributed by atoms with van der Waals surface area (Å²) >= 11 is 0. The zero-order valence-corrected chi connectivity index (χ0v) is 12.4. The van der Waals surface area contributed by atoms with Gasteiger partial charge in [0.1, 0.15) is 17.6 Å². The van der Waals surface area contributed by atoms with Crippen molar-refractivity contribution in [2.75, 3.05) is 5.32 Å². The molecule has 0 fully saturated rings. The van der Waals surface area contributed by atoms with Crippen molar-refractivity contribution in [3.8, 4) is 0 Å². The molecule has 2 unspecified atom stereocenters. The van der Waals surface area contributed by atoms with Crippen molar-refractivity contribution in [3.05, 3.63) is 52.8 Å². The van der Waals surface area contributed by atoms with Gasteiger partial charge < -0.3 is 24.7 Å². The van der Waals surface area contributed by atoms with Gasteiger partial charge in [0.15, 0.2) is 0 Å². The van der Waals surface area contributed by atoms with E-state index in [1.165, 1.54) is 16.9 Å². The Morgan fingerprint density at radius 2 is 2.18 bits per heavy atom. The monoisotopic (exact) mass is 305 g/mol. The number of furan rings is 1. The van der Waals surface area contributed by atoms with E-state index in [0.717, 1.165) is 0 Å². The van der Waals surface area contributed by atoms with Crippen LogP contribution >= 0.6 is 0 Å². The van der Waals surface area contributed by atoms with Gasteiger partial charge in [-0.2, -0.15) is 0 Å². The fraction of sp³-hybridized carbons (Fsp3) is 0.333. The number of nitrogens with one attached hydrogen (secondary N) is 2. The molecule has 3 N–H and O–H groups in total. The van der Waals surface area contributed by atoms with Crippen molar-refractivity contribution < 1.29 is 14.3 Å². The van der Waals surface area contributed by atoms with Crippen LogP contribution in [0.3, 0.4) is 0 Å². The Kier molecular flexibility index (Phi) is 5.00. The van der Waals surface area contributed by atoms with Crippen molar-refractivity contribution in [2.24, 2.45) is 7.05 Å². The second-order valence-electron chi connectivity index (χ2n) is 5.10. The number of amides is 2. The van der Waals surface area contributed by atoms with Crippen LogP contribution in [0.25, 0.3) is 0 Å². The Morgan fingerprint density at radius 3 is 2.86 bits per heavy atom. The molecule has 2 amide bonds. The third kappa shape index (κ3) is 3.98. The summed E-state index contributed by atoms with van der Waals surface area (Å²) in [5, 5.41) is 15.1. The van der Waals surface area contributed by atoms with Crippen molar-refractivity contribution in [2.45, 2.75) is 25.5 Å². The van der Waals surface area contributed by atoms with Gasteiger partial charge in [0.25, 0.3) is 5.56 Å². The predicted molar refractivity (Wildman–Crippen MR) is 81.6 cm³/mol. The van der Waals surface area contributed by atoms with E-state index in [0.29, 0.717) is 12.2 Å². The highest BCUT2D eigenvalue weighted by atomic mass is 16.4. The van der Waals surface area contributed by atoms with E-state index >= 15 is 0 Å². The summed E-state index contributed by atoms with van der Waals surface area (Å²) in [6, 6.07) is 5.76. The summed E-state index contributed by atoms with van der Waals surface area (Å²) in [6.07, 6.45) is 2.59. The first-order valence-electron chi connectivity index (χ1n) is 6.92. The Balaban J connectivity index is 1.89. The normalized spacial score (nSPS) is 13.4. The minimum atomic E-state index is -0.796. The van der Waals surface area contributed by atoms with Gasteiger partial charge in [-0.15, -0.1) is 0 Å². The molecule has 0 spiro atoms. The van der Waals surface area contributed by atoms with Crippen LogP contribution in [0.4, 0.5) is 10.5 Å². The second-order valence-corrected chi connectivity index (χ2v) is 5.10. The molecule has 0 saturated heterocycles. The Labute approximate surface area is 127 Å². The number of rotatable bonds is 5. The highest BCUT2D eigenvalue weighted by molar-refractivity contribution is 5.89. The lowest BCUT2D eigenvalue weighted by molar-refractivity contribution is 0.130. The average Bonchev–Trinajstić information content (AvgIpc) is 2.97. The fourth-order valence-electron chi connectivity index (χ4n) is 2.07. The van der Waals surface area contributed by atoms with Crippen LogP contribution in [0.15, 0.2) is 45.9 Å². The van der Waals surface area contributed by atoms with Gasteiger partial charge >= 0.3 is 6.03 Å². The molecule has 2 heterocycles. The van der Waals surface area contributed by atoms with Crippen molar-refractivity contribution in [3.63, 3.8) is 0 Å². The molecular weight excluding hydrogens is 286 g/mol. The lowest BCUT2D eigenvalue weighted by atomic mass is 10.1. The minimum absolute atomic E-state index is 0.196. The minimum Gasteiger partial charge on any atom is -0.467 e. The zero-order chi connectivity index (χ0) is 16.1. The Hall–Kier alpha value is -2.54. The third-order valence-corrected chi connectivity index (χ3v) is 3.20. The molecule has 0 aliphatic carbocycles. The number of hydrogen-bond donors (Lipinski definition) is 3. The maximum absolute atomic E-state index is 11.9. The number of urea groups is 1. The number of carbonyl (C=O) groups excluding carboxylic acids is 1. The molecule has 0 bridgehead atoms. The lowest BCUT2D eigenvalue weighted by Gasteiger charge is -2.17. The third-order valence-electron chi connectivity index (χ3n) is 3.20. The molecule has 0 aliphatic heterocycles. The number of anilines is 1. The highest BCUT2D eigenvalue weighted by Crippen LogP contribution is 2.18. The first-order valence-corrected chi connectivity index (χ1v) is 6.92. The number of pyridine rings is 1. The van der Waals surface area contributed by atoms with E-state index in [-0.39, 0.29) is 17.3 Å².